The van der Waals surface area contributed by atoms with Crippen LogP contribution in [0.2, 0.25) is 5.02 Å². The van der Waals surface area contributed by atoms with E-state index in [-0.39, 0.29) is 17.1 Å². The Labute approximate surface area is 160 Å². The van der Waals surface area contributed by atoms with Gasteiger partial charge in [0.15, 0.2) is 0 Å². The summed E-state index contributed by atoms with van der Waals surface area (Å²) in [6, 6.07) is 11.6. The molecule has 0 atom stereocenters. The van der Waals surface area contributed by atoms with E-state index in [9.17, 15) is 15.0 Å². The fourth-order valence-corrected chi connectivity index (χ4v) is 3.43. The fourth-order valence-electron chi connectivity index (χ4n) is 3.30. The molecule has 0 unspecified atom stereocenters. The lowest BCUT2D eigenvalue weighted by molar-refractivity contribution is 0.238. The number of rotatable bonds is 3. The highest BCUT2D eigenvalue weighted by molar-refractivity contribution is 6.30. The van der Waals surface area contributed by atoms with Crippen molar-refractivity contribution >= 4 is 11.6 Å². The van der Waals surface area contributed by atoms with E-state index >= 15 is 0 Å². The normalized spacial score (nSPS) is 14.1. The van der Waals surface area contributed by atoms with E-state index in [1.165, 1.54) is 18.2 Å². The fraction of sp³-hybridized carbons (Fsp3) is 0.200. The molecule has 0 amide bonds. The van der Waals surface area contributed by atoms with Gasteiger partial charge in [0.05, 0.1) is 11.3 Å². The Morgan fingerprint density at radius 2 is 1.93 bits per heavy atom. The van der Waals surface area contributed by atoms with Crippen molar-refractivity contribution < 1.29 is 10.2 Å². The van der Waals surface area contributed by atoms with Gasteiger partial charge in [-0.05, 0) is 42.5 Å². The van der Waals surface area contributed by atoms with E-state index in [1.807, 2.05) is 12.1 Å². The second-order valence-corrected chi connectivity index (χ2v) is 7.06. The molecule has 0 aliphatic carbocycles. The molecular weight excluding hydrogens is 366 g/mol. The smallest absolute Gasteiger partial charge is 0.255 e. The Hall–Kier alpha value is -2.83. The summed E-state index contributed by atoms with van der Waals surface area (Å²) in [5.41, 5.74) is 2.71. The summed E-state index contributed by atoms with van der Waals surface area (Å²) >= 11 is 5.92. The first-order valence-corrected chi connectivity index (χ1v) is 8.98. The van der Waals surface area contributed by atoms with Crippen LogP contribution in [0.4, 0.5) is 0 Å². The molecule has 3 aromatic rings. The summed E-state index contributed by atoms with van der Waals surface area (Å²) in [7, 11) is 0. The molecule has 4 rings (SSSR count). The van der Waals surface area contributed by atoms with Crippen LogP contribution < -0.4 is 5.56 Å². The number of nitrogens with zero attached hydrogens (tertiary/aromatic N) is 2. The van der Waals surface area contributed by atoms with E-state index in [0.29, 0.717) is 48.0 Å². The van der Waals surface area contributed by atoms with Gasteiger partial charge in [0, 0.05) is 42.2 Å². The van der Waals surface area contributed by atoms with Crippen molar-refractivity contribution in [3.63, 3.8) is 0 Å². The number of phenolic OH excluding ortho intramolecular Hbond substituents is 2. The Balaban J connectivity index is 1.59. The van der Waals surface area contributed by atoms with Crippen LogP contribution in [0, 0.1) is 0 Å². The van der Waals surface area contributed by atoms with Crippen molar-refractivity contribution in [2.45, 2.75) is 19.5 Å². The largest absolute Gasteiger partial charge is 0.508 e. The zero-order chi connectivity index (χ0) is 19.0. The molecule has 0 saturated carbocycles. The molecule has 1 aliphatic heterocycles. The zero-order valence-corrected chi connectivity index (χ0v) is 15.2. The quantitative estimate of drug-likeness (QED) is 0.605. The van der Waals surface area contributed by atoms with Crippen molar-refractivity contribution in [2.24, 2.45) is 0 Å². The molecule has 3 N–H and O–H groups in total. The molecule has 6 nitrogen and oxygen atoms in total. The highest BCUT2D eigenvalue weighted by Gasteiger charge is 2.22. The average molecular weight is 384 g/mol. The van der Waals surface area contributed by atoms with Crippen LogP contribution in [0.1, 0.15) is 16.8 Å². The standard InChI is InChI=1S/C20H18ClN3O3/c21-14-3-1-12(2-4-14)19-22-17-7-8-24(11-16(17)20(27)23-19)10-13-9-15(25)5-6-18(13)26/h1-6,9,25-26H,7-8,10-11H2,(H,22,23,27). The van der Waals surface area contributed by atoms with Crippen LogP contribution in [0.3, 0.4) is 0 Å². The first-order valence-electron chi connectivity index (χ1n) is 8.61. The molecule has 0 bridgehead atoms. The van der Waals surface area contributed by atoms with E-state index in [1.54, 1.807) is 12.1 Å². The van der Waals surface area contributed by atoms with E-state index in [2.05, 4.69) is 14.9 Å². The molecule has 0 fully saturated rings. The van der Waals surface area contributed by atoms with Gasteiger partial charge in [-0.2, -0.15) is 0 Å². The molecule has 0 spiro atoms. The van der Waals surface area contributed by atoms with Crippen LogP contribution in [-0.4, -0.2) is 31.6 Å². The molecule has 1 aliphatic rings. The molecular formula is C20H18ClN3O3. The number of nitrogens with one attached hydrogen (secondary N) is 1. The number of phenols is 2. The van der Waals surface area contributed by atoms with Gasteiger partial charge < -0.3 is 15.2 Å². The maximum absolute atomic E-state index is 12.6. The number of H-pyrrole nitrogens is 1. The van der Waals surface area contributed by atoms with Gasteiger partial charge in [0.25, 0.3) is 5.56 Å². The second-order valence-electron chi connectivity index (χ2n) is 6.62. The second kappa shape index (κ2) is 7.06. The molecule has 0 radical (unpaired) electrons. The summed E-state index contributed by atoms with van der Waals surface area (Å²) in [5, 5.41) is 20.2. The molecule has 2 aromatic carbocycles. The molecule has 27 heavy (non-hydrogen) atoms. The van der Waals surface area contributed by atoms with Crippen LogP contribution in [0.5, 0.6) is 11.5 Å². The third-order valence-electron chi connectivity index (χ3n) is 4.72. The molecule has 7 heteroatoms. The Morgan fingerprint density at radius 3 is 2.70 bits per heavy atom. The van der Waals surface area contributed by atoms with Crippen molar-refractivity contribution in [1.82, 2.24) is 14.9 Å². The lowest BCUT2D eigenvalue weighted by Crippen LogP contribution is -2.35. The highest BCUT2D eigenvalue weighted by atomic mass is 35.5. The van der Waals surface area contributed by atoms with E-state index < -0.39 is 0 Å². The van der Waals surface area contributed by atoms with Gasteiger partial charge in [-0.25, -0.2) is 4.98 Å². The number of fused-ring (bicyclic) bond motifs is 1. The van der Waals surface area contributed by atoms with Gasteiger partial charge in [0.1, 0.15) is 17.3 Å². The predicted molar refractivity (Wildman–Crippen MR) is 103 cm³/mol. The predicted octanol–water partition coefficient (Wildman–Crippen LogP) is 3.06. The number of aromatic amines is 1. The maximum Gasteiger partial charge on any atom is 0.255 e. The molecule has 1 aromatic heterocycles. The third-order valence-corrected chi connectivity index (χ3v) is 4.97. The molecule has 0 saturated heterocycles. The van der Waals surface area contributed by atoms with Crippen molar-refractivity contribution in [3.05, 3.63) is 74.7 Å². The van der Waals surface area contributed by atoms with Crippen LogP contribution in [0.25, 0.3) is 11.4 Å². The number of aromatic nitrogens is 2. The Morgan fingerprint density at radius 1 is 1.15 bits per heavy atom. The van der Waals surface area contributed by atoms with Crippen molar-refractivity contribution in [3.8, 4) is 22.9 Å². The number of halogens is 1. The molecule has 2 heterocycles. The first-order chi connectivity index (χ1) is 13.0. The summed E-state index contributed by atoms with van der Waals surface area (Å²) < 4.78 is 0. The van der Waals surface area contributed by atoms with Gasteiger partial charge in [-0.1, -0.05) is 11.6 Å². The number of benzene rings is 2. The highest BCUT2D eigenvalue weighted by Crippen LogP contribution is 2.26. The summed E-state index contributed by atoms with van der Waals surface area (Å²) in [6.45, 7) is 1.59. The van der Waals surface area contributed by atoms with Crippen molar-refractivity contribution in [1.29, 1.82) is 0 Å². The zero-order valence-electron chi connectivity index (χ0n) is 14.4. The van der Waals surface area contributed by atoms with Gasteiger partial charge >= 0.3 is 0 Å². The monoisotopic (exact) mass is 383 g/mol. The number of hydrogen-bond acceptors (Lipinski definition) is 5. The van der Waals surface area contributed by atoms with Gasteiger partial charge in [0.2, 0.25) is 0 Å². The lowest BCUT2D eigenvalue weighted by atomic mass is 10.0. The van der Waals surface area contributed by atoms with Crippen LogP contribution in [0.15, 0.2) is 47.3 Å². The van der Waals surface area contributed by atoms with Crippen LogP contribution >= 0.6 is 11.6 Å². The first kappa shape index (κ1) is 17.6. The number of hydrogen-bond donors (Lipinski definition) is 3. The maximum atomic E-state index is 12.6. The minimum Gasteiger partial charge on any atom is -0.508 e. The third kappa shape index (κ3) is 3.67. The summed E-state index contributed by atoms with van der Waals surface area (Å²) in [4.78, 5) is 22.1. The van der Waals surface area contributed by atoms with Gasteiger partial charge in [-0.15, -0.1) is 0 Å². The Bertz CT molecular complexity index is 1050. The van der Waals surface area contributed by atoms with Crippen LogP contribution in [-0.2, 0) is 19.5 Å². The van der Waals surface area contributed by atoms with E-state index in [0.717, 1.165) is 11.3 Å². The lowest BCUT2D eigenvalue weighted by Gasteiger charge is -2.28. The minimum absolute atomic E-state index is 0.104. The van der Waals surface area contributed by atoms with Crippen molar-refractivity contribution in [2.75, 3.05) is 6.54 Å². The summed E-state index contributed by atoms with van der Waals surface area (Å²) in [5.74, 6) is 0.769. The Kier molecular flexibility index (Phi) is 4.59. The number of aromatic hydroxyl groups is 2. The minimum atomic E-state index is -0.158. The average Bonchev–Trinajstić information content (AvgIpc) is 2.65. The van der Waals surface area contributed by atoms with E-state index in [4.69, 9.17) is 11.6 Å². The topological polar surface area (TPSA) is 89.5 Å². The van der Waals surface area contributed by atoms with Gasteiger partial charge in [-0.3, -0.25) is 9.69 Å². The SMILES string of the molecule is O=c1[nH]c(-c2ccc(Cl)cc2)nc2c1CN(Cc1cc(O)ccc1O)CC2. The molecule has 138 valence electrons. The summed E-state index contributed by atoms with van der Waals surface area (Å²) in [6.07, 6.45) is 0.638.